The van der Waals surface area contributed by atoms with Crippen molar-refractivity contribution in [3.05, 3.63) is 69.9 Å². The molecule has 0 amide bonds. The molecule has 2 aromatic carbocycles. The van der Waals surface area contributed by atoms with E-state index in [0.717, 1.165) is 11.6 Å². The van der Waals surface area contributed by atoms with Gasteiger partial charge in [0.25, 0.3) is 0 Å². The average molecular weight is 358 g/mol. The molecule has 3 nitrogen and oxygen atoms in total. The van der Waals surface area contributed by atoms with Gasteiger partial charge in [0.15, 0.2) is 0 Å². The lowest BCUT2D eigenvalue weighted by Crippen LogP contribution is -2.07. The maximum absolute atomic E-state index is 12.8. The second kappa shape index (κ2) is 7.59. The van der Waals surface area contributed by atoms with Crippen molar-refractivity contribution in [2.24, 2.45) is 5.73 Å². The van der Waals surface area contributed by atoms with E-state index in [-0.39, 0.29) is 23.9 Å². The van der Waals surface area contributed by atoms with Crippen LogP contribution in [0.2, 0.25) is 5.02 Å². The number of ether oxygens (including phenoxy) is 1. The normalized spacial score (nSPS) is 12.3. The molecule has 0 aliphatic rings. The summed E-state index contributed by atoms with van der Waals surface area (Å²) < 4.78 is 43.9. The Bertz CT molecular complexity index is 728. The standard InChI is InChI=1S/C17H15ClF3NO2/c18-16-6-3-12(8-15(16)17(19,20)21)10-24-14-4-1-11(2-5-14)7-13(23)9-22/h1-8,23H,9-10,22H2. The van der Waals surface area contributed by atoms with Gasteiger partial charge in [-0.2, -0.15) is 13.2 Å². The Hall–Kier alpha value is -2.18. The Balaban J connectivity index is 2.06. The third-order valence-electron chi connectivity index (χ3n) is 3.16. The quantitative estimate of drug-likeness (QED) is 0.756. The minimum Gasteiger partial charge on any atom is -0.511 e. The molecular weight excluding hydrogens is 343 g/mol. The first-order valence-corrected chi connectivity index (χ1v) is 7.35. The number of benzene rings is 2. The highest BCUT2D eigenvalue weighted by Crippen LogP contribution is 2.35. The molecule has 0 heterocycles. The second-order valence-electron chi connectivity index (χ2n) is 5.01. The number of alkyl halides is 3. The van der Waals surface area contributed by atoms with E-state index in [1.54, 1.807) is 24.3 Å². The number of aliphatic hydroxyl groups excluding tert-OH is 1. The van der Waals surface area contributed by atoms with Crippen molar-refractivity contribution in [1.82, 2.24) is 0 Å². The summed E-state index contributed by atoms with van der Waals surface area (Å²) in [7, 11) is 0. The van der Waals surface area contributed by atoms with Gasteiger partial charge in [-0.15, -0.1) is 0 Å². The summed E-state index contributed by atoms with van der Waals surface area (Å²) in [6, 6.07) is 10.3. The van der Waals surface area contributed by atoms with Crippen molar-refractivity contribution in [2.45, 2.75) is 12.8 Å². The van der Waals surface area contributed by atoms with Crippen LogP contribution in [-0.2, 0) is 12.8 Å². The third-order valence-corrected chi connectivity index (χ3v) is 3.49. The summed E-state index contributed by atoms with van der Waals surface area (Å²) in [6.45, 7) is 0.0137. The molecule has 0 aliphatic carbocycles. The van der Waals surface area contributed by atoms with E-state index >= 15 is 0 Å². The van der Waals surface area contributed by atoms with Crippen LogP contribution in [0.1, 0.15) is 16.7 Å². The maximum Gasteiger partial charge on any atom is 0.417 e. The molecule has 128 valence electrons. The molecule has 24 heavy (non-hydrogen) atoms. The number of rotatable bonds is 5. The summed E-state index contributed by atoms with van der Waals surface area (Å²) in [5.41, 5.74) is 5.49. The van der Waals surface area contributed by atoms with Crippen LogP contribution in [0.25, 0.3) is 6.08 Å². The van der Waals surface area contributed by atoms with Gasteiger partial charge in [0, 0.05) is 0 Å². The zero-order chi connectivity index (χ0) is 17.7. The van der Waals surface area contributed by atoms with Crippen LogP contribution in [0.5, 0.6) is 5.75 Å². The molecule has 0 saturated heterocycles. The lowest BCUT2D eigenvalue weighted by Gasteiger charge is -2.12. The van der Waals surface area contributed by atoms with Gasteiger partial charge < -0.3 is 15.6 Å². The topological polar surface area (TPSA) is 55.5 Å². The van der Waals surface area contributed by atoms with Crippen LogP contribution < -0.4 is 10.5 Å². The molecule has 3 N–H and O–H groups in total. The van der Waals surface area contributed by atoms with Gasteiger partial charge in [0.2, 0.25) is 0 Å². The van der Waals surface area contributed by atoms with E-state index in [4.69, 9.17) is 22.1 Å². The Morgan fingerprint density at radius 3 is 2.42 bits per heavy atom. The summed E-state index contributed by atoms with van der Waals surface area (Å²) in [6.07, 6.45) is -3.00. The van der Waals surface area contributed by atoms with Gasteiger partial charge in [0.05, 0.1) is 17.1 Å². The molecule has 2 aromatic rings. The van der Waals surface area contributed by atoms with Gasteiger partial charge in [-0.1, -0.05) is 29.8 Å². The number of aliphatic hydroxyl groups is 1. The number of hydrogen-bond donors (Lipinski definition) is 2. The van der Waals surface area contributed by atoms with Crippen LogP contribution in [0.4, 0.5) is 13.2 Å². The minimum absolute atomic E-state index is 0.0243. The Morgan fingerprint density at radius 1 is 1.17 bits per heavy atom. The highest BCUT2D eigenvalue weighted by Gasteiger charge is 2.33. The summed E-state index contributed by atoms with van der Waals surface area (Å²) in [5.74, 6) is 0.535. The smallest absolute Gasteiger partial charge is 0.417 e. The molecule has 0 aromatic heterocycles. The van der Waals surface area contributed by atoms with E-state index in [2.05, 4.69) is 0 Å². The van der Waals surface area contributed by atoms with Crippen LogP contribution in [0, 0.1) is 0 Å². The molecule has 0 bridgehead atoms. The van der Waals surface area contributed by atoms with Crippen molar-refractivity contribution < 1.29 is 23.0 Å². The van der Waals surface area contributed by atoms with Crippen LogP contribution in [0.15, 0.2) is 48.2 Å². The van der Waals surface area contributed by atoms with Gasteiger partial charge in [0.1, 0.15) is 18.1 Å². The largest absolute Gasteiger partial charge is 0.511 e. The van der Waals surface area contributed by atoms with Gasteiger partial charge in [-0.25, -0.2) is 0 Å². The third kappa shape index (κ3) is 4.91. The minimum atomic E-state index is -4.51. The van der Waals surface area contributed by atoms with Crippen molar-refractivity contribution in [3.8, 4) is 5.75 Å². The molecule has 0 spiro atoms. The fourth-order valence-electron chi connectivity index (χ4n) is 1.96. The van der Waals surface area contributed by atoms with E-state index in [0.29, 0.717) is 11.3 Å². The summed E-state index contributed by atoms with van der Waals surface area (Å²) in [4.78, 5) is 0. The molecule has 0 unspecified atom stereocenters. The van der Waals surface area contributed by atoms with Crippen molar-refractivity contribution >= 4 is 17.7 Å². The second-order valence-corrected chi connectivity index (χ2v) is 5.42. The predicted octanol–water partition coefficient (Wildman–Crippen LogP) is 4.80. The zero-order valence-electron chi connectivity index (χ0n) is 12.5. The zero-order valence-corrected chi connectivity index (χ0v) is 13.2. The van der Waals surface area contributed by atoms with E-state index in [1.165, 1.54) is 18.2 Å². The molecule has 0 saturated carbocycles. The number of nitrogens with two attached hydrogens (primary N) is 1. The monoisotopic (exact) mass is 357 g/mol. The van der Waals surface area contributed by atoms with Gasteiger partial charge >= 0.3 is 6.18 Å². The summed E-state index contributed by atoms with van der Waals surface area (Å²) >= 11 is 5.57. The van der Waals surface area contributed by atoms with Crippen LogP contribution in [-0.4, -0.2) is 11.7 Å². The lowest BCUT2D eigenvalue weighted by atomic mass is 10.1. The Morgan fingerprint density at radius 2 is 1.83 bits per heavy atom. The number of hydrogen-bond acceptors (Lipinski definition) is 3. The molecule has 0 fully saturated rings. The lowest BCUT2D eigenvalue weighted by molar-refractivity contribution is -0.137. The van der Waals surface area contributed by atoms with E-state index < -0.39 is 11.7 Å². The first-order chi connectivity index (χ1) is 11.3. The van der Waals surface area contributed by atoms with E-state index in [9.17, 15) is 18.3 Å². The highest BCUT2D eigenvalue weighted by atomic mass is 35.5. The van der Waals surface area contributed by atoms with Gasteiger partial charge in [-0.3, -0.25) is 0 Å². The average Bonchev–Trinajstić information content (AvgIpc) is 2.54. The molecule has 0 radical (unpaired) electrons. The van der Waals surface area contributed by atoms with E-state index in [1.807, 2.05) is 0 Å². The van der Waals surface area contributed by atoms with Gasteiger partial charge in [-0.05, 0) is 41.5 Å². The fourth-order valence-corrected chi connectivity index (χ4v) is 2.18. The molecule has 0 atom stereocenters. The SMILES string of the molecule is NCC(O)=Cc1ccc(OCc2ccc(Cl)c(C(F)(F)F)c2)cc1. The molecule has 0 aliphatic heterocycles. The predicted molar refractivity (Wildman–Crippen MR) is 86.9 cm³/mol. The fraction of sp³-hybridized carbons (Fsp3) is 0.176. The summed E-state index contributed by atoms with van der Waals surface area (Å²) in [5, 5.41) is 9.00. The first kappa shape index (κ1) is 18.2. The van der Waals surface area contributed by atoms with Crippen molar-refractivity contribution in [2.75, 3.05) is 6.54 Å². The van der Waals surface area contributed by atoms with Crippen LogP contribution in [0.3, 0.4) is 0 Å². The van der Waals surface area contributed by atoms with Crippen LogP contribution >= 0.6 is 11.6 Å². The Kier molecular flexibility index (Phi) is 5.75. The molecule has 2 rings (SSSR count). The Labute approximate surface area is 142 Å². The first-order valence-electron chi connectivity index (χ1n) is 6.97. The molecular formula is C17H15ClF3NO2. The van der Waals surface area contributed by atoms with Crippen molar-refractivity contribution in [3.63, 3.8) is 0 Å². The molecule has 7 heteroatoms. The maximum atomic E-state index is 12.8. The number of halogens is 4. The van der Waals surface area contributed by atoms with Crippen molar-refractivity contribution in [1.29, 1.82) is 0 Å². The highest BCUT2D eigenvalue weighted by molar-refractivity contribution is 6.31.